The molecule has 0 amide bonds. The van der Waals surface area contributed by atoms with Gasteiger partial charge in [-0.1, -0.05) is 11.6 Å². The molecular weight excluding hydrogens is 176 g/mol. The summed E-state index contributed by atoms with van der Waals surface area (Å²) in [4.78, 5) is 0. The van der Waals surface area contributed by atoms with Gasteiger partial charge in [0.05, 0.1) is 5.69 Å². The lowest BCUT2D eigenvalue weighted by molar-refractivity contribution is 0.351. The van der Waals surface area contributed by atoms with E-state index < -0.39 is 0 Å². The van der Waals surface area contributed by atoms with Gasteiger partial charge in [0.25, 0.3) is 0 Å². The van der Waals surface area contributed by atoms with Crippen LogP contribution < -0.4 is 5.32 Å². The van der Waals surface area contributed by atoms with Crippen LogP contribution in [0.5, 0.6) is 0 Å². The predicted molar refractivity (Wildman–Crippen MR) is 55.1 cm³/mol. The van der Waals surface area contributed by atoms with Crippen LogP contribution in [0.4, 0.5) is 0 Å². The van der Waals surface area contributed by atoms with Crippen LogP contribution in [0.25, 0.3) is 0 Å². The van der Waals surface area contributed by atoms with Crippen molar-refractivity contribution in [2.75, 3.05) is 7.05 Å². The second-order valence-corrected chi connectivity index (χ2v) is 4.17. The fourth-order valence-corrected chi connectivity index (χ4v) is 2.27. The summed E-state index contributed by atoms with van der Waals surface area (Å²) in [6.45, 7) is 0. The van der Waals surface area contributed by atoms with E-state index in [1.54, 1.807) is 4.68 Å². The van der Waals surface area contributed by atoms with Crippen molar-refractivity contribution in [2.45, 2.75) is 37.6 Å². The van der Waals surface area contributed by atoms with Gasteiger partial charge in [-0.05, 0) is 26.3 Å². The van der Waals surface area contributed by atoms with Gasteiger partial charge in [-0.15, -0.1) is 5.10 Å². The molecule has 1 aromatic rings. The third-order valence-electron chi connectivity index (χ3n) is 3.12. The van der Waals surface area contributed by atoms with Crippen molar-refractivity contribution in [1.82, 2.24) is 20.3 Å². The molecular formula is C10H18N4. The monoisotopic (exact) mass is 194 g/mol. The van der Waals surface area contributed by atoms with E-state index >= 15 is 0 Å². The van der Waals surface area contributed by atoms with Gasteiger partial charge in [-0.25, -0.2) is 0 Å². The van der Waals surface area contributed by atoms with E-state index in [-0.39, 0.29) is 0 Å². The van der Waals surface area contributed by atoms with Gasteiger partial charge in [0, 0.05) is 25.2 Å². The van der Waals surface area contributed by atoms with Gasteiger partial charge in [0.2, 0.25) is 0 Å². The highest BCUT2D eigenvalue weighted by molar-refractivity contribution is 5.04. The second-order valence-electron chi connectivity index (χ2n) is 4.17. The maximum atomic E-state index is 4.19. The summed E-state index contributed by atoms with van der Waals surface area (Å²) in [6, 6.07) is 0.663. The molecule has 4 nitrogen and oxygen atoms in total. The van der Waals surface area contributed by atoms with Gasteiger partial charge in [0.1, 0.15) is 0 Å². The summed E-state index contributed by atoms with van der Waals surface area (Å²) in [7, 11) is 3.97. The van der Waals surface area contributed by atoms with Crippen LogP contribution in [0.15, 0.2) is 6.20 Å². The van der Waals surface area contributed by atoms with Crippen molar-refractivity contribution in [3.05, 3.63) is 11.9 Å². The molecule has 4 heteroatoms. The van der Waals surface area contributed by atoms with Gasteiger partial charge in [-0.2, -0.15) is 0 Å². The Hall–Kier alpha value is -0.900. The Morgan fingerprint density at radius 2 is 2.36 bits per heavy atom. The number of hydrogen-bond donors (Lipinski definition) is 1. The number of rotatable bonds is 2. The highest BCUT2D eigenvalue weighted by Crippen LogP contribution is 2.31. The molecule has 1 aliphatic rings. The highest BCUT2D eigenvalue weighted by Gasteiger charge is 2.23. The van der Waals surface area contributed by atoms with Crippen LogP contribution in [0, 0.1) is 0 Å². The van der Waals surface area contributed by atoms with Gasteiger partial charge >= 0.3 is 0 Å². The molecule has 1 heterocycles. The molecule has 0 bridgehead atoms. The zero-order valence-electron chi connectivity index (χ0n) is 8.90. The lowest BCUT2D eigenvalue weighted by Crippen LogP contribution is -2.30. The van der Waals surface area contributed by atoms with Crippen molar-refractivity contribution in [1.29, 1.82) is 0 Å². The van der Waals surface area contributed by atoms with Crippen LogP contribution in [0.3, 0.4) is 0 Å². The maximum Gasteiger partial charge on any atom is 0.0858 e. The first-order valence-electron chi connectivity index (χ1n) is 5.33. The van der Waals surface area contributed by atoms with Crippen LogP contribution in [-0.4, -0.2) is 28.1 Å². The average Bonchev–Trinajstić information content (AvgIpc) is 2.65. The molecule has 2 rings (SSSR count). The first kappa shape index (κ1) is 9.65. The van der Waals surface area contributed by atoms with E-state index in [9.17, 15) is 0 Å². The van der Waals surface area contributed by atoms with Crippen molar-refractivity contribution >= 4 is 0 Å². The number of hydrogen-bond acceptors (Lipinski definition) is 3. The van der Waals surface area contributed by atoms with E-state index in [0.717, 1.165) is 5.69 Å². The minimum atomic E-state index is 0.606. The van der Waals surface area contributed by atoms with Crippen molar-refractivity contribution in [2.24, 2.45) is 7.05 Å². The topological polar surface area (TPSA) is 42.7 Å². The number of nitrogens with one attached hydrogen (secondary N) is 1. The van der Waals surface area contributed by atoms with E-state index in [1.165, 1.54) is 25.7 Å². The Morgan fingerprint density at radius 1 is 1.50 bits per heavy atom. The molecule has 1 aliphatic carbocycles. The predicted octanol–water partition coefficient (Wildman–Crippen LogP) is 1.06. The largest absolute Gasteiger partial charge is 0.317 e. The van der Waals surface area contributed by atoms with E-state index in [1.807, 2.05) is 20.3 Å². The van der Waals surface area contributed by atoms with Gasteiger partial charge < -0.3 is 5.32 Å². The van der Waals surface area contributed by atoms with Crippen LogP contribution in [-0.2, 0) is 7.05 Å². The molecule has 1 aromatic heterocycles. The molecule has 14 heavy (non-hydrogen) atoms. The molecule has 0 spiro atoms. The fourth-order valence-electron chi connectivity index (χ4n) is 2.27. The molecule has 0 aliphatic heterocycles. The normalized spacial score (nSPS) is 27.9. The zero-order chi connectivity index (χ0) is 9.97. The SMILES string of the molecule is CNC1CCCC(c2cn(C)nn2)C1. The molecule has 1 fully saturated rings. The van der Waals surface area contributed by atoms with Crippen molar-refractivity contribution < 1.29 is 0 Å². The van der Waals surface area contributed by atoms with Gasteiger partial charge in [0.15, 0.2) is 0 Å². The summed E-state index contributed by atoms with van der Waals surface area (Å²) in [5.74, 6) is 0.606. The van der Waals surface area contributed by atoms with Crippen molar-refractivity contribution in [3.8, 4) is 0 Å². The molecule has 0 radical (unpaired) electrons. The smallest absolute Gasteiger partial charge is 0.0858 e. The lowest BCUT2D eigenvalue weighted by atomic mass is 9.84. The molecule has 1 N–H and O–H groups in total. The molecule has 2 atom stereocenters. The summed E-state index contributed by atoms with van der Waals surface area (Å²) >= 11 is 0. The Morgan fingerprint density at radius 3 is 3.00 bits per heavy atom. The summed E-state index contributed by atoms with van der Waals surface area (Å²) in [5, 5.41) is 11.5. The van der Waals surface area contributed by atoms with E-state index in [4.69, 9.17) is 0 Å². The summed E-state index contributed by atoms with van der Waals surface area (Å²) in [5.41, 5.74) is 1.16. The molecule has 0 aromatic carbocycles. The Balaban J connectivity index is 2.04. The molecule has 78 valence electrons. The average molecular weight is 194 g/mol. The quantitative estimate of drug-likeness (QED) is 0.765. The van der Waals surface area contributed by atoms with Crippen molar-refractivity contribution in [3.63, 3.8) is 0 Å². The Labute approximate surface area is 84.7 Å². The Kier molecular flexibility index (Phi) is 2.82. The number of aryl methyl sites for hydroxylation is 1. The molecule has 1 saturated carbocycles. The molecule has 0 saturated heterocycles. The summed E-state index contributed by atoms with van der Waals surface area (Å²) in [6.07, 6.45) is 7.11. The van der Waals surface area contributed by atoms with E-state index in [2.05, 4.69) is 15.6 Å². The summed E-state index contributed by atoms with van der Waals surface area (Å²) < 4.78 is 1.79. The Bertz CT molecular complexity index is 294. The van der Waals surface area contributed by atoms with Crippen LogP contribution in [0.2, 0.25) is 0 Å². The molecule has 2 unspecified atom stereocenters. The maximum absolute atomic E-state index is 4.19. The highest BCUT2D eigenvalue weighted by atomic mass is 15.4. The van der Waals surface area contributed by atoms with Crippen LogP contribution in [0.1, 0.15) is 37.3 Å². The lowest BCUT2D eigenvalue weighted by Gasteiger charge is -2.27. The minimum Gasteiger partial charge on any atom is -0.317 e. The fraction of sp³-hybridized carbons (Fsp3) is 0.800. The van der Waals surface area contributed by atoms with Crippen LogP contribution >= 0.6 is 0 Å². The number of aromatic nitrogens is 3. The third-order valence-corrected chi connectivity index (χ3v) is 3.12. The first-order chi connectivity index (χ1) is 6.79. The standard InChI is InChI=1S/C10H18N4/c1-11-9-5-3-4-8(6-9)10-7-14(2)13-12-10/h7-9,11H,3-6H2,1-2H3. The number of nitrogens with zero attached hydrogens (tertiary/aromatic N) is 3. The zero-order valence-corrected chi connectivity index (χ0v) is 8.90. The second kappa shape index (κ2) is 4.09. The van der Waals surface area contributed by atoms with Gasteiger partial charge in [-0.3, -0.25) is 4.68 Å². The van der Waals surface area contributed by atoms with E-state index in [0.29, 0.717) is 12.0 Å². The third kappa shape index (κ3) is 1.95. The first-order valence-corrected chi connectivity index (χ1v) is 5.33. The minimum absolute atomic E-state index is 0.606.